The van der Waals surface area contributed by atoms with Gasteiger partial charge in [-0.25, -0.2) is 4.79 Å². The predicted octanol–water partition coefficient (Wildman–Crippen LogP) is 4.78. The van der Waals surface area contributed by atoms with Crippen molar-refractivity contribution in [3.8, 4) is 0 Å². The summed E-state index contributed by atoms with van der Waals surface area (Å²) in [5.41, 5.74) is 6.42. The summed E-state index contributed by atoms with van der Waals surface area (Å²) in [6, 6.07) is 15.8. The molecule has 162 valence electrons. The molecule has 0 atom stereocenters. The molecule has 6 heteroatoms. The highest BCUT2D eigenvalue weighted by Gasteiger charge is 2.14. The van der Waals surface area contributed by atoms with Gasteiger partial charge in [0.25, 0.3) is 0 Å². The van der Waals surface area contributed by atoms with Crippen LogP contribution >= 0.6 is 0 Å². The molecule has 2 aromatic carbocycles. The number of ether oxygens (including phenoxy) is 1. The molecule has 0 saturated heterocycles. The molecule has 0 saturated carbocycles. The van der Waals surface area contributed by atoms with Crippen molar-refractivity contribution < 1.29 is 14.3 Å². The number of hydrogen-bond donors (Lipinski definition) is 1. The first-order valence-electron chi connectivity index (χ1n) is 10.5. The lowest BCUT2D eigenvalue weighted by molar-refractivity contribution is -0.136. The molecule has 0 radical (unpaired) electrons. The zero-order valence-corrected chi connectivity index (χ0v) is 18.4. The molecule has 0 aliphatic heterocycles. The van der Waals surface area contributed by atoms with Crippen LogP contribution in [-0.4, -0.2) is 33.1 Å². The van der Waals surface area contributed by atoms with Gasteiger partial charge >= 0.3 is 5.97 Å². The van der Waals surface area contributed by atoms with E-state index in [4.69, 9.17) is 4.74 Å². The fraction of sp³-hybridized carbons (Fsp3) is 0.192. The maximum atomic E-state index is 12.5. The molecule has 0 amide bonds. The highest BCUT2D eigenvalue weighted by Crippen LogP contribution is 2.19. The molecule has 0 spiro atoms. The number of fused-ring (bicyclic) bond motifs is 1. The molecule has 2 aromatic heterocycles. The van der Waals surface area contributed by atoms with Crippen molar-refractivity contribution in [3.63, 3.8) is 0 Å². The van der Waals surface area contributed by atoms with Gasteiger partial charge in [-0.3, -0.25) is 9.48 Å². The van der Waals surface area contributed by atoms with E-state index in [1.807, 2.05) is 42.8 Å². The lowest BCUT2D eigenvalue weighted by atomic mass is 10.1. The Kier molecular flexibility index (Phi) is 6.03. The van der Waals surface area contributed by atoms with E-state index >= 15 is 0 Å². The number of aromatic nitrogens is 3. The molecule has 32 heavy (non-hydrogen) atoms. The highest BCUT2D eigenvalue weighted by molar-refractivity contribution is 6.09. The van der Waals surface area contributed by atoms with Crippen LogP contribution in [0.25, 0.3) is 17.0 Å². The maximum Gasteiger partial charge on any atom is 0.331 e. The molecule has 6 nitrogen and oxygen atoms in total. The van der Waals surface area contributed by atoms with E-state index in [0.29, 0.717) is 12.1 Å². The van der Waals surface area contributed by atoms with Crippen LogP contribution in [0, 0.1) is 20.8 Å². The van der Waals surface area contributed by atoms with Crippen molar-refractivity contribution in [2.75, 3.05) is 6.61 Å². The van der Waals surface area contributed by atoms with Gasteiger partial charge in [0.15, 0.2) is 6.61 Å². The Morgan fingerprint density at radius 2 is 1.81 bits per heavy atom. The number of H-pyrrole nitrogens is 1. The number of Topliss-reactive ketones (excluding diaryl/α,β-unsaturated/α-hetero) is 1. The van der Waals surface area contributed by atoms with Gasteiger partial charge in [0.05, 0.1) is 12.2 Å². The Balaban J connectivity index is 1.39. The van der Waals surface area contributed by atoms with Gasteiger partial charge in [0, 0.05) is 40.0 Å². The van der Waals surface area contributed by atoms with Crippen LogP contribution in [-0.2, 0) is 16.1 Å². The molecule has 4 rings (SSSR count). The van der Waals surface area contributed by atoms with Crippen LogP contribution in [0.4, 0.5) is 0 Å². The monoisotopic (exact) mass is 427 g/mol. The molecule has 4 aromatic rings. The van der Waals surface area contributed by atoms with Crippen LogP contribution in [0.15, 0.2) is 60.8 Å². The summed E-state index contributed by atoms with van der Waals surface area (Å²) in [6.07, 6.45) is 4.68. The second-order valence-corrected chi connectivity index (χ2v) is 7.84. The standard InChI is InChI=1S/C26H25N3O3/c1-17-8-10-20(11-9-17)15-29-19(3)21(18(2)28-29)12-13-26(31)32-16-25(30)23-14-27-24-7-5-4-6-22(23)24/h4-14,27H,15-16H2,1-3H3/b13-12-. The third-order valence-corrected chi connectivity index (χ3v) is 5.51. The van der Waals surface area contributed by atoms with E-state index in [0.717, 1.165) is 33.4 Å². The molecule has 2 heterocycles. The SMILES string of the molecule is Cc1ccc(Cn2nc(C)c(/C=C\C(=O)OCC(=O)c3c[nH]c4ccccc34)c2C)cc1. The van der Waals surface area contributed by atoms with Gasteiger partial charge in [-0.1, -0.05) is 48.0 Å². The van der Waals surface area contributed by atoms with Crippen molar-refractivity contribution in [3.05, 3.63) is 94.4 Å². The highest BCUT2D eigenvalue weighted by atomic mass is 16.5. The lowest BCUT2D eigenvalue weighted by Gasteiger charge is -2.05. The largest absolute Gasteiger partial charge is 0.454 e. The van der Waals surface area contributed by atoms with Crippen LogP contribution in [0.3, 0.4) is 0 Å². The Morgan fingerprint density at radius 1 is 1.06 bits per heavy atom. The zero-order valence-electron chi connectivity index (χ0n) is 18.4. The predicted molar refractivity (Wildman–Crippen MR) is 125 cm³/mol. The summed E-state index contributed by atoms with van der Waals surface area (Å²) in [4.78, 5) is 27.7. The van der Waals surface area contributed by atoms with E-state index in [2.05, 4.69) is 41.3 Å². The molecule has 0 aliphatic carbocycles. The number of para-hydroxylation sites is 1. The maximum absolute atomic E-state index is 12.5. The molecule has 0 aliphatic rings. The summed E-state index contributed by atoms with van der Waals surface area (Å²) >= 11 is 0. The zero-order chi connectivity index (χ0) is 22.7. The quantitative estimate of drug-likeness (QED) is 0.262. The van der Waals surface area contributed by atoms with Gasteiger partial charge < -0.3 is 9.72 Å². The van der Waals surface area contributed by atoms with Crippen molar-refractivity contribution >= 4 is 28.7 Å². The van der Waals surface area contributed by atoms with Crippen LogP contribution < -0.4 is 0 Å². The topological polar surface area (TPSA) is 77.0 Å². The second kappa shape index (κ2) is 9.06. The number of carbonyl (C=O) groups is 2. The number of aromatic amines is 1. The summed E-state index contributed by atoms with van der Waals surface area (Å²) in [6.45, 7) is 6.28. The Hall–Kier alpha value is -3.93. The average Bonchev–Trinajstić information content (AvgIpc) is 3.33. The number of ketones is 1. The van der Waals surface area contributed by atoms with Crippen molar-refractivity contribution in [1.82, 2.24) is 14.8 Å². The van der Waals surface area contributed by atoms with Gasteiger partial charge in [-0.05, 0) is 38.5 Å². The summed E-state index contributed by atoms with van der Waals surface area (Å²) in [7, 11) is 0. The van der Waals surface area contributed by atoms with E-state index in [1.165, 1.54) is 11.6 Å². The van der Waals surface area contributed by atoms with Gasteiger partial charge in [-0.15, -0.1) is 0 Å². The fourth-order valence-corrected chi connectivity index (χ4v) is 3.69. The molecular weight excluding hydrogens is 402 g/mol. The van der Waals surface area contributed by atoms with Gasteiger partial charge in [0.2, 0.25) is 5.78 Å². The minimum Gasteiger partial charge on any atom is -0.454 e. The summed E-state index contributed by atoms with van der Waals surface area (Å²) in [5, 5.41) is 5.41. The fourth-order valence-electron chi connectivity index (χ4n) is 3.69. The number of nitrogens with zero attached hydrogens (tertiary/aromatic N) is 2. The molecule has 1 N–H and O–H groups in total. The minimum absolute atomic E-state index is 0.248. The van der Waals surface area contributed by atoms with E-state index < -0.39 is 5.97 Å². The normalized spacial score (nSPS) is 11.3. The van der Waals surface area contributed by atoms with Crippen molar-refractivity contribution in [2.24, 2.45) is 0 Å². The van der Waals surface area contributed by atoms with Crippen LogP contribution in [0.1, 0.15) is 38.4 Å². The van der Waals surface area contributed by atoms with E-state index in [9.17, 15) is 9.59 Å². The minimum atomic E-state index is -0.566. The number of hydrogen-bond acceptors (Lipinski definition) is 4. The molecule has 0 fully saturated rings. The average molecular weight is 428 g/mol. The Bertz CT molecular complexity index is 1310. The molecular formula is C26H25N3O3. The number of nitrogens with one attached hydrogen (secondary N) is 1. The Morgan fingerprint density at radius 3 is 2.59 bits per heavy atom. The van der Waals surface area contributed by atoms with Crippen molar-refractivity contribution in [1.29, 1.82) is 0 Å². The summed E-state index contributed by atoms with van der Waals surface area (Å²) < 4.78 is 7.10. The summed E-state index contributed by atoms with van der Waals surface area (Å²) in [5.74, 6) is -0.814. The number of carbonyl (C=O) groups excluding carboxylic acids is 2. The van der Waals surface area contributed by atoms with Gasteiger partial charge in [-0.2, -0.15) is 5.10 Å². The number of benzene rings is 2. The third kappa shape index (κ3) is 4.54. The first kappa shape index (κ1) is 21.3. The van der Waals surface area contributed by atoms with E-state index in [-0.39, 0.29) is 12.4 Å². The molecule has 0 bridgehead atoms. The number of esters is 1. The van der Waals surface area contributed by atoms with Crippen LogP contribution in [0.5, 0.6) is 0 Å². The van der Waals surface area contributed by atoms with Gasteiger partial charge in [0.1, 0.15) is 0 Å². The Labute approximate surface area is 186 Å². The first-order valence-corrected chi connectivity index (χ1v) is 10.5. The second-order valence-electron chi connectivity index (χ2n) is 7.84. The lowest BCUT2D eigenvalue weighted by Crippen LogP contribution is -2.12. The number of aryl methyl sites for hydroxylation is 2. The smallest absolute Gasteiger partial charge is 0.331 e. The first-order chi connectivity index (χ1) is 15.4. The van der Waals surface area contributed by atoms with E-state index in [1.54, 1.807) is 12.3 Å². The van der Waals surface area contributed by atoms with Crippen molar-refractivity contribution in [2.45, 2.75) is 27.3 Å². The number of rotatable bonds is 7. The van der Waals surface area contributed by atoms with Crippen LogP contribution in [0.2, 0.25) is 0 Å². The molecule has 0 unspecified atom stereocenters. The third-order valence-electron chi connectivity index (χ3n) is 5.51.